The number of ketones is 1. The predicted molar refractivity (Wildman–Crippen MR) is 122 cm³/mol. The van der Waals surface area contributed by atoms with Crippen LogP contribution in [0, 0.1) is 0 Å². The second-order valence-corrected chi connectivity index (χ2v) is 9.06. The van der Waals surface area contributed by atoms with Crippen molar-refractivity contribution in [3.05, 3.63) is 53.6 Å². The van der Waals surface area contributed by atoms with Crippen LogP contribution in [0.2, 0.25) is 0 Å². The number of carbonyl (C=O) groups excluding carboxylic acids is 2. The van der Waals surface area contributed by atoms with Crippen molar-refractivity contribution in [3.8, 4) is 17.2 Å². The number of piperidine rings is 1. The molecule has 2 aliphatic heterocycles. The van der Waals surface area contributed by atoms with Crippen LogP contribution >= 0.6 is 0 Å². The first-order valence-corrected chi connectivity index (χ1v) is 11.3. The third-order valence-electron chi connectivity index (χ3n) is 6.49. The van der Waals surface area contributed by atoms with Crippen molar-refractivity contribution in [2.75, 3.05) is 20.2 Å². The Bertz CT molecular complexity index is 990. The number of methoxy groups -OCH3 is 1. The Hall–Kier alpha value is -3.02. The standard InChI is InChI=1S/C26H31NO5/c1-17(2)19-5-7-20(8-6-19)31-18(3)25(29)27-13-11-26(12-14-27)16-23(28)22-15-21(30-4)9-10-24(22)32-26/h5-10,15,17-18H,11-14,16H2,1-4H3. The Labute approximate surface area is 189 Å². The fourth-order valence-electron chi connectivity index (χ4n) is 4.46. The molecule has 6 nitrogen and oxygen atoms in total. The molecule has 0 aromatic heterocycles. The van der Waals surface area contributed by atoms with E-state index in [1.54, 1.807) is 32.2 Å². The molecule has 0 N–H and O–H groups in total. The van der Waals surface area contributed by atoms with E-state index >= 15 is 0 Å². The van der Waals surface area contributed by atoms with Crippen LogP contribution < -0.4 is 14.2 Å². The van der Waals surface area contributed by atoms with Gasteiger partial charge in [0.05, 0.1) is 19.1 Å². The van der Waals surface area contributed by atoms with Gasteiger partial charge in [-0.2, -0.15) is 0 Å². The second-order valence-electron chi connectivity index (χ2n) is 9.06. The summed E-state index contributed by atoms with van der Waals surface area (Å²) in [6, 6.07) is 13.2. The number of ether oxygens (including phenoxy) is 3. The van der Waals surface area contributed by atoms with Crippen molar-refractivity contribution in [2.45, 2.75) is 57.7 Å². The Kier molecular flexibility index (Phi) is 6.13. The number of nitrogens with zero attached hydrogens (tertiary/aromatic N) is 1. The summed E-state index contributed by atoms with van der Waals surface area (Å²) in [7, 11) is 1.58. The fraction of sp³-hybridized carbons (Fsp3) is 0.462. The third-order valence-corrected chi connectivity index (χ3v) is 6.49. The molecule has 2 aromatic carbocycles. The molecular formula is C26H31NO5. The van der Waals surface area contributed by atoms with Gasteiger partial charge in [0, 0.05) is 25.9 Å². The predicted octanol–water partition coefficient (Wildman–Crippen LogP) is 4.61. The van der Waals surface area contributed by atoms with Crippen molar-refractivity contribution < 1.29 is 23.8 Å². The van der Waals surface area contributed by atoms with Crippen LogP contribution in [0.4, 0.5) is 0 Å². The van der Waals surface area contributed by atoms with Gasteiger partial charge in [-0.1, -0.05) is 26.0 Å². The van der Waals surface area contributed by atoms with E-state index in [9.17, 15) is 9.59 Å². The quantitative estimate of drug-likeness (QED) is 0.683. The van der Waals surface area contributed by atoms with Gasteiger partial charge in [0.1, 0.15) is 22.8 Å². The Balaban J connectivity index is 1.36. The van der Waals surface area contributed by atoms with Crippen LogP contribution in [-0.2, 0) is 4.79 Å². The normalized spacial score (nSPS) is 18.2. The monoisotopic (exact) mass is 437 g/mol. The number of carbonyl (C=O) groups is 2. The maximum atomic E-state index is 13.0. The summed E-state index contributed by atoms with van der Waals surface area (Å²) in [5.41, 5.74) is 1.25. The molecule has 2 aromatic rings. The lowest BCUT2D eigenvalue weighted by Crippen LogP contribution is -2.54. The Morgan fingerprint density at radius 2 is 1.69 bits per heavy atom. The minimum absolute atomic E-state index is 0.0416. The van der Waals surface area contributed by atoms with Gasteiger partial charge in [-0.3, -0.25) is 9.59 Å². The molecular weight excluding hydrogens is 406 g/mol. The topological polar surface area (TPSA) is 65.1 Å². The van der Waals surface area contributed by atoms with Gasteiger partial charge in [0.25, 0.3) is 5.91 Å². The highest BCUT2D eigenvalue weighted by Gasteiger charge is 2.44. The van der Waals surface area contributed by atoms with Crippen LogP contribution in [0.25, 0.3) is 0 Å². The van der Waals surface area contributed by atoms with Gasteiger partial charge >= 0.3 is 0 Å². The van der Waals surface area contributed by atoms with Crippen LogP contribution in [-0.4, -0.2) is 48.5 Å². The summed E-state index contributed by atoms with van der Waals surface area (Å²) in [5, 5.41) is 0. The van der Waals surface area contributed by atoms with Crippen molar-refractivity contribution in [2.24, 2.45) is 0 Å². The van der Waals surface area contributed by atoms with Gasteiger partial charge in [-0.05, 0) is 48.7 Å². The van der Waals surface area contributed by atoms with Crippen molar-refractivity contribution in [3.63, 3.8) is 0 Å². The van der Waals surface area contributed by atoms with Crippen molar-refractivity contribution in [1.82, 2.24) is 4.90 Å². The molecule has 1 atom stereocenters. The average molecular weight is 438 g/mol. The molecule has 1 unspecified atom stereocenters. The number of amides is 1. The van der Waals surface area contributed by atoms with Gasteiger partial charge in [-0.15, -0.1) is 0 Å². The minimum Gasteiger partial charge on any atom is -0.497 e. The summed E-state index contributed by atoms with van der Waals surface area (Å²) < 4.78 is 17.4. The third kappa shape index (κ3) is 4.45. The summed E-state index contributed by atoms with van der Waals surface area (Å²) >= 11 is 0. The second kappa shape index (κ2) is 8.85. The van der Waals surface area contributed by atoms with Gasteiger partial charge in [0.15, 0.2) is 11.9 Å². The lowest BCUT2D eigenvalue weighted by molar-refractivity contribution is -0.141. The van der Waals surface area contributed by atoms with E-state index < -0.39 is 11.7 Å². The molecule has 1 amide bonds. The number of benzene rings is 2. The molecule has 2 heterocycles. The summed E-state index contributed by atoms with van der Waals surface area (Å²) in [5.74, 6) is 2.41. The number of fused-ring (bicyclic) bond motifs is 1. The molecule has 1 saturated heterocycles. The smallest absolute Gasteiger partial charge is 0.263 e. The lowest BCUT2D eigenvalue weighted by atomic mass is 9.82. The number of hydrogen-bond acceptors (Lipinski definition) is 5. The zero-order chi connectivity index (χ0) is 22.9. The van der Waals surface area contributed by atoms with Crippen LogP contribution in [0.5, 0.6) is 17.2 Å². The van der Waals surface area contributed by atoms with E-state index in [2.05, 4.69) is 13.8 Å². The van der Waals surface area contributed by atoms with Crippen LogP contribution in [0.15, 0.2) is 42.5 Å². The number of Topliss-reactive ketones (excluding diaryl/α,β-unsaturated/α-hetero) is 1. The molecule has 32 heavy (non-hydrogen) atoms. The van der Waals surface area contributed by atoms with Crippen molar-refractivity contribution in [1.29, 1.82) is 0 Å². The van der Waals surface area contributed by atoms with E-state index in [1.165, 1.54) is 5.56 Å². The number of hydrogen-bond donors (Lipinski definition) is 0. The molecule has 0 radical (unpaired) electrons. The molecule has 6 heteroatoms. The molecule has 2 aliphatic rings. The highest BCUT2D eigenvalue weighted by Crippen LogP contribution is 2.40. The summed E-state index contributed by atoms with van der Waals surface area (Å²) in [6.07, 6.45) is 0.983. The highest BCUT2D eigenvalue weighted by molar-refractivity contribution is 6.00. The first-order chi connectivity index (χ1) is 15.3. The fourth-order valence-corrected chi connectivity index (χ4v) is 4.46. The number of rotatable bonds is 5. The van der Waals surface area contributed by atoms with Crippen LogP contribution in [0.1, 0.15) is 61.9 Å². The molecule has 170 valence electrons. The molecule has 1 spiro atoms. The lowest BCUT2D eigenvalue weighted by Gasteiger charge is -2.44. The van der Waals surface area contributed by atoms with E-state index in [0.29, 0.717) is 61.1 Å². The maximum Gasteiger partial charge on any atom is 0.263 e. The Morgan fingerprint density at radius 3 is 2.31 bits per heavy atom. The van der Waals surface area contributed by atoms with E-state index in [1.807, 2.05) is 29.2 Å². The Morgan fingerprint density at radius 1 is 1.03 bits per heavy atom. The van der Waals surface area contributed by atoms with Gasteiger partial charge < -0.3 is 19.1 Å². The molecule has 4 rings (SSSR count). The first-order valence-electron chi connectivity index (χ1n) is 11.3. The van der Waals surface area contributed by atoms with Gasteiger partial charge in [0.2, 0.25) is 0 Å². The average Bonchev–Trinajstić information content (AvgIpc) is 2.79. The first kappa shape index (κ1) is 22.2. The maximum absolute atomic E-state index is 13.0. The summed E-state index contributed by atoms with van der Waals surface area (Å²) in [6.45, 7) is 7.15. The highest BCUT2D eigenvalue weighted by atomic mass is 16.5. The van der Waals surface area contributed by atoms with E-state index in [-0.39, 0.29) is 11.7 Å². The van der Waals surface area contributed by atoms with Gasteiger partial charge in [-0.25, -0.2) is 0 Å². The zero-order valence-electron chi connectivity index (χ0n) is 19.2. The molecule has 0 aliphatic carbocycles. The van der Waals surface area contributed by atoms with E-state index in [4.69, 9.17) is 14.2 Å². The molecule has 1 fully saturated rings. The zero-order valence-corrected chi connectivity index (χ0v) is 19.2. The van der Waals surface area contributed by atoms with E-state index in [0.717, 1.165) is 0 Å². The minimum atomic E-state index is -0.573. The number of likely N-dealkylation sites (tertiary alicyclic amines) is 1. The molecule has 0 saturated carbocycles. The SMILES string of the molecule is COc1ccc2c(c1)C(=O)CC1(CCN(C(=O)C(C)Oc3ccc(C(C)C)cc3)CC1)O2. The van der Waals surface area contributed by atoms with Crippen molar-refractivity contribution >= 4 is 11.7 Å². The largest absolute Gasteiger partial charge is 0.497 e. The summed E-state index contributed by atoms with van der Waals surface area (Å²) in [4.78, 5) is 27.6. The van der Waals surface area contributed by atoms with Crippen LogP contribution in [0.3, 0.4) is 0 Å². The molecule has 0 bridgehead atoms.